The van der Waals surface area contributed by atoms with Gasteiger partial charge >= 0.3 is 0 Å². The monoisotopic (exact) mass is 522 g/mol. The summed E-state index contributed by atoms with van der Waals surface area (Å²) in [5, 5.41) is 6.15. The first-order valence-electron chi connectivity index (χ1n) is 10.6. The van der Waals surface area contributed by atoms with E-state index >= 15 is 0 Å². The number of halogens is 1. The Balaban J connectivity index is 1.59. The lowest BCUT2D eigenvalue weighted by Crippen LogP contribution is -2.31. The highest BCUT2D eigenvalue weighted by Gasteiger charge is 2.33. The Morgan fingerprint density at radius 2 is 1.85 bits per heavy atom. The van der Waals surface area contributed by atoms with Gasteiger partial charge in [0.15, 0.2) is 18.1 Å². The summed E-state index contributed by atoms with van der Waals surface area (Å²) in [5.74, 6) is 1.19. The molecule has 1 heterocycles. The van der Waals surface area contributed by atoms with Crippen LogP contribution in [0, 0.1) is 0 Å². The Morgan fingerprint density at radius 3 is 2.53 bits per heavy atom. The van der Waals surface area contributed by atoms with Crippen LogP contribution in [0.5, 0.6) is 17.2 Å². The molecule has 1 aliphatic heterocycles. The summed E-state index contributed by atoms with van der Waals surface area (Å²) >= 11 is 3.50. The Kier molecular flexibility index (Phi) is 7.27. The number of nitrogens with zero attached hydrogens (tertiary/aromatic N) is 2. The van der Waals surface area contributed by atoms with Crippen LogP contribution >= 0.6 is 15.9 Å². The molecule has 0 spiro atoms. The van der Waals surface area contributed by atoms with Crippen LogP contribution in [0.1, 0.15) is 33.9 Å². The quantitative estimate of drug-likeness (QED) is 0.387. The third-order valence-electron chi connectivity index (χ3n) is 5.50. The maximum atomic E-state index is 13.3. The molecule has 1 unspecified atom stereocenters. The molecule has 1 amide bonds. The molecular formula is C26H23BrN2O5. The molecular weight excluding hydrogens is 500 g/mol. The molecule has 0 saturated carbocycles. The number of amides is 1. The van der Waals surface area contributed by atoms with E-state index in [0.717, 1.165) is 33.3 Å². The number of benzene rings is 3. The van der Waals surface area contributed by atoms with Crippen LogP contribution in [0.4, 0.5) is 0 Å². The molecule has 3 aromatic carbocycles. The predicted molar refractivity (Wildman–Crippen MR) is 132 cm³/mol. The molecule has 0 fully saturated rings. The van der Waals surface area contributed by atoms with Crippen LogP contribution < -0.4 is 14.2 Å². The Bertz CT molecular complexity index is 1230. The van der Waals surface area contributed by atoms with Gasteiger partial charge in [-0.3, -0.25) is 9.59 Å². The SMILES string of the molecule is COc1ccc(C2CC(c3cccc(Br)c3)=NN2C(=O)COc2ccc(C=O)cc2OC)cc1. The molecule has 8 heteroatoms. The van der Waals surface area contributed by atoms with Crippen LogP contribution in [-0.2, 0) is 4.79 Å². The Morgan fingerprint density at radius 1 is 1.06 bits per heavy atom. The van der Waals surface area contributed by atoms with E-state index in [2.05, 4.69) is 21.0 Å². The van der Waals surface area contributed by atoms with Crippen LogP contribution in [0.3, 0.4) is 0 Å². The number of hydrogen-bond acceptors (Lipinski definition) is 6. The number of rotatable bonds is 8. The third kappa shape index (κ3) is 5.12. The Hall–Kier alpha value is -3.65. The van der Waals surface area contributed by atoms with Gasteiger partial charge in [0.05, 0.1) is 26.0 Å². The predicted octanol–water partition coefficient (Wildman–Crippen LogP) is 5.04. The Labute approximate surface area is 206 Å². The van der Waals surface area contributed by atoms with Gasteiger partial charge in [-0.25, -0.2) is 5.01 Å². The van der Waals surface area contributed by atoms with Crippen LogP contribution in [0.25, 0.3) is 0 Å². The van der Waals surface area contributed by atoms with E-state index in [1.807, 2.05) is 48.5 Å². The summed E-state index contributed by atoms with van der Waals surface area (Å²) in [6.07, 6.45) is 1.28. The van der Waals surface area contributed by atoms with Crippen molar-refractivity contribution in [3.63, 3.8) is 0 Å². The van der Waals surface area contributed by atoms with E-state index in [-0.39, 0.29) is 18.6 Å². The lowest BCUT2D eigenvalue weighted by Gasteiger charge is -2.22. The second-order valence-electron chi connectivity index (χ2n) is 7.61. The molecule has 3 aromatic rings. The van der Waals surface area contributed by atoms with E-state index in [9.17, 15) is 9.59 Å². The summed E-state index contributed by atoms with van der Waals surface area (Å²) in [6, 6.07) is 19.9. The third-order valence-corrected chi connectivity index (χ3v) is 5.99. The largest absolute Gasteiger partial charge is 0.497 e. The number of ether oxygens (including phenoxy) is 3. The van der Waals surface area contributed by atoms with Crippen molar-refractivity contribution in [1.29, 1.82) is 0 Å². The van der Waals surface area contributed by atoms with Gasteiger partial charge in [0.2, 0.25) is 0 Å². The molecule has 0 radical (unpaired) electrons. The normalized spacial score (nSPS) is 15.0. The average molecular weight is 523 g/mol. The molecule has 0 saturated heterocycles. The van der Waals surface area contributed by atoms with E-state index < -0.39 is 0 Å². The molecule has 4 rings (SSSR count). The standard InChI is InChI=1S/C26H23BrN2O5/c1-32-21-9-7-18(8-10-21)23-14-22(19-4-3-5-20(27)13-19)28-29(23)26(31)16-34-24-11-6-17(15-30)12-25(24)33-2/h3-13,15,23H,14,16H2,1-2H3. The fourth-order valence-electron chi connectivity index (χ4n) is 3.75. The van der Waals surface area contributed by atoms with Gasteiger partial charge in [-0.1, -0.05) is 40.2 Å². The minimum atomic E-state index is -0.299. The molecule has 0 bridgehead atoms. The van der Waals surface area contributed by atoms with Gasteiger partial charge in [0, 0.05) is 16.5 Å². The van der Waals surface area contributed by atoms with Crippen LogP contribution in [0.15, 0.2) is 76.3 Å². The van der Waals surface area contributed by atoms with Crippen molar-refractivity contribution in [3.8, 4) is 17.2 Å². The van der Waals surface area contributed by atoms with Gasteiger partial charge in [-0.2, -0.15) is 5.10 Å². The molecule has 174 valence electrons. The van der Waals surface area contributed by atoms with Crippen LogP contribution in [0.2, 0.25) is 0 Å². The van der Waals surface area contributed by atoms with Gasteiger partial charge in [0.1, 0.15) is 12.0 Å². The van der Waals surface area contributed by atoms with Crippen LogP contribution in [-0.4, -0.2) is 43.7 Å². The van der Waals surface area contributed by atoms with Crippen molar-refractivity contribution in [1.82, 2.24) is 5.01 Å². The summed E-state index contributed by atoms with van der Waals surface area (Å²) in [6.45, 7) is -0.237. The summed E-state index contributed by atoms with van der Waals surface area (Å²) in [5.41, 5.74) is 3.15. The van der Waals surface area contributed by atoms with E-state index in [0.29, 0.717) is 23.5 Å². The number of methoxy groups -OCH3 is 2. The molecule has 0 aromatic heterocycles. The highest BCUT2D eigenvalue weighted by atomic mass is 79.9. The maximum absolute atomic E-state index is 13.3. The second-order valence-corrected chi connectivity index (χ2v) is 8.52. The smallest absolute Gasteiger partial charge is 0.281 e. The number of aldehydes is 1. The first-order chi connectivity index (χ1) is 16.5. The highest BCUT2D eigenvalue weighted by molar-refractivity contribution is 9.10. The highest BCUT2D eigenvalue weighted by Crippen LogP contribution is 2.34. The number of hydrogen-bond donors (Lipinski definition) is 0. The maximum Gasteiger partial charge on any atom is 0.281 e. The fraction of sp³-hybridized carbons (Fsp3) is 0.192. The lowest BCUT2D eigenvalue weighted by atomic mass is 9.98. The van der Waals surface area contributed by atoms with Crippen molar-refractivity contribution in [2.24, 2.45) is 5.10 Å². The second kappa shape index (κ2) is 10.5. The van der Waals surface area contributed by atoms with Crippen molar-refractivity contribution >= 4 is 33.8 Å². The zero-order valence-corrected chi connectivity index (χ0v) is 20.3. The van der Waals surface area contributed by atoms with Gasteiger partial charge in [-0.05, 0) is 53.6 Å². The van der Waals surface area contributed by atoms with Gasteiger partial charge in [0.25, 0.3) is 5.91 Å². The van der Waals surface area contributed by atoms with Crippen molar-refractivity contribution < 1.29 is 23.8 Å². The first kappa shape index (κ1) is 23.5. The topological polar surface area (TPSA) is 77.4 Å². The zero-order chi connectivity index (χ0) is 24.1. The van der Waals surface area contributed by atoms with Gasteiger partial charge < -0.3 is 14.2 Å². The molecule has 0 aliphatic carbocycles. The fourth-order valence-corrected chi connectivity index (χ4v) is 4.15. The molecule has 1 atom stereocenters. The van der Waals surface area contributed by atoms with Crippen molar-refractivity contribution in [3.05, 3.63) is 87.9 Å². The van der Waals surface area contributed by atoms with Gasteiger partial charge in [-0.15, -0.1) is 0 Å². The van der Waals surface area contributed by atoms with E-state index in [1.54, 1.807) is 25.3 Å². The molecule has 0 N–H and O–H groups in total. The van der Waals surface area contributed by atoms with E-state index in [4.69, 9.17) is 14.2 Å². The molecule has 1 aliphatic rings. The van der Waals surface area contributed by atoms with Crippen molar-refractivity contribution in [2.45, 2.75) is 12.5 Å². The number of hydrazone groups is 1. The van der Waals surface area contributed by atoms with Crippen molar-refractivity contribution in [2.75, 3.05) is 20.8 Å². The molecule has 34 heavy (non-hydrogen) atoms. The number of carbonyl (C=O) groups excluding carboxylic acids is 2. The minimum absolute atomic E-state index is 0.237. The van der Waals surface area contributed by atoms with E-state index in [1.165, 1.54) is 12.1 Å². The number of carbonyl (C=O) groups is 2. The summed E-state index contributed by atoms with van der Waals surface area (Å²) in [4.78, 5) is 24.3. The summed E-state index contributed by atoms with van der Waals surface area (Å²) < 4.78 is 17.3. The first-order valence-corrected chi connectivity index (χ1v) is 11.4. The zero-order valence-electron chi connectivity index (χ0n) is 18.7. The molecule has 7 nitrogen and oxygen atoms in total. The average Bonchev–Trinajstić information content (AvgIpc) is 3.33. The lowest BCUT2D eigenvalue weighted by molar-refractivity contribution is -0.135. The summed E-state index contributed by atoms with van der Waals surface area (Å²) in [7, 11) is 3.09. The minimum Gasteiger partial charge on any atom is -0.497 e.